The lowest BCUT2D eigenvalue weighted by molar-refractivity contribution is 0.660. The number of rotatable bonds is 3. The fraction of sp³-hybridized carbons (Fsp3) is 0.429. The van der Waals surface area contributed by atoms with Crippen molar-refractivity contribution in [3.63, 3.8) is 0 Å². The van der Waals surface area contributed by atoms with E-state index in [-0.39, 0.29) is 5.83 Å². The van der Waals surface area contributed by atoms with Gasteiger partial charge in [0.1, 0.15) is 5.83 Å². The normalized spacial score (nSPS) is 13.0. The Hall–Kier alpha value is -0.630. The molecule has 0 fully saturated rings. The molecule has 0 aliphatic heterocycles. The van der Waals surface area contributed by atoms with Crippen molar-refractivity contribution >= 4 is 0 Å². The molecular formula is C7H12FN. The number of nitrogens with two attached hydrogens (primary N) is 1. The third-order valence-electron chi connectivity index (χ3n) is 0.812. The molecule has 0 rings (SSSR count). The second-order valence-electron chi connectivity index (χ2n) is 1.64. The van der Waals surface area contributed by atoms with Crippen LogP contribution in [0.25, 0.3) is 0 Å². The first-order valence-corrected chi connectivity index (χ1v) is 3.03. The highest BCUT2D eigenvalue weighted by Gasteiger charge is 1.81. The maximum Gasteiger partial charge on any atom is 0.118 e. The molecule has 0 aromatic heterocycles. The summed E-state index contributed by atoms with van der Waals surface area (Å²) in [5, 5.41) is 0. The lowest BCUT2D eigenvalue weighted by Gasteiger charge is -1.82. The zero-order valence-corrected chi connectivity index (χ0v) is 5.60. The van der Waals surface area contributed by atoms with Crippen LogP contribution in [0.2, 0.25) is 0 Å². The first kappa shape index (κ1) is 8.37. The summed E-state index contributed by atoms with van der Waals surface area (Å²) in [6.07, 6.45) is 5.19. The van der Waals surface area contributed by atoms with E-state index in [1.165, 1.54) is 12.2 Å². The largest absolute Gasteiger partial charge is 0.327 e. The second-order valence-corrected chi connectivity index (χ2v) is 1.64. The number of hydrogen-bond acceptors (Lipinski definition) is 1. The van der Waals surface area contributed by atoms with Gasteiger partial charge < -0.3 is 5.73 Å². The topological polar surface area (TPSA) is 26.0 Å². The van der Waals surface area contributed by atoms with Crippen molar-refractivity contribution in [3.8, 4) is 0 Å². The molecule has 0 saturated carbocycles. The van der Waals surface area contributed by atoms with Gasteiger partial charge in [-0.25, -0.2) is 4.39 Å². The summed E-state index contributed by atoms with van der Waals surface area (Å²) in [6, 6.07) is 0. The standard InChI is InChI=1S/C7H12FN/c1-2-4-7(8)5-3-6-9/h3-5H,2,6,9H2,1H3/b5-3-,7-4+. The Kier molecular flexibility index (Phi) is 5.12. The van der Waals surface area contributed by atoms with E-state index in [0.717, 1.165) is 6.42 Å². The smallest absolute Gasteiger partial charge is 0.118 e. The van der Waals surface area contributed by atoms with Gasteiger partial charge >= 0.3 is 0 Å². The molecule has 9 heavy (non-hydrogen) atoms. The van der Waals surface area contributed by atoms with E-state index >= 15 is 0 Å². The van der Waals surface area contributed by atoms with E-state index in [2.05, 4.69) is 0 Å². The molecule has 0 bridgehead atoms. The lowest BCUT2D eigenvalue weighted by atomic mass is 10.3. The summed E-state index contributed by atoms with van der Waals surface area (Å²) >= 11 is 0. The molecule has 0 unspecified atom stereocenters. The lowest BCUT2D eigenvalue weighted by Crippen LogP contribution is -1.91. The van der Waals surface area contributed by atoms with Crippen molar-refractivity contribution in [2.45, 2.75) is 13.3 Å². The van der Waals surface area contributed by atoms with Crippen LogP contribution in [-0.4, -0.2) is 6.54 Å². The predicted molar refractivity (Wildman–Crippen MR) is 37.7 cm³/mol. The average molecular weight is 129 g/mol. The van der Waals surface area contributed by atoms with Gasteiger partial charge in [0.05, 0.1) is 0 Å². The van der Waals surface area contributed by atoms with Crippen LogP contribution in [0.3, 0.4) is 0 Å². The van der Waals surface area contributed by atoms with Crippen LogP contribution in [0.15, 0.2) is 24.1 Å². The SMILES string of the molecule is CC/C=C(F)\C=C/CN. The maximum absolute atomic E-state index is 12.3. The first-order valence-electron chi connectivity index (χ1n) is 3.03. The van der Waals surface area contributed by atoms with Crippen LogP contribution in [0.4, 0.5) is 4.39 Å². The number of halogens is 1. The molecule has 0 saturated heterocycles. The van der Waals surface area contributed by atoms with Crippen molar-refractivity contribution in [1.82, 2.24) is 0 Å². The van der Waals surface area contributed by atoms with E-state index in [0.29, 0.717) is 6.54 Å². The minimum atomic E-state index is -0.206. The number of hydrogen-bond donors (Lipinski definition) is 1. The van der Waals surface area contributed by atoms with Gasteiger partial charge in [-0.15, -0.1) is 0 Å². The molecule has 52 valence electrons. The Balaban J connectivity index is 3.60. The van der Waals surface area contributed by atoms with E-state index in [1.807, 2.05) is 6.92 Å². The van der Waals surface area contributed by atoms with Crippen LogP contribution in [-0.2, 0) is 0 Å². The van der Waals surface area contributed by atoms with Crippen LogP contribution >= 0.6 is 0 Å². The summed E-state index contributed by atoms with van der Waals surface area (Å²) < 4.78 is 12.3. The summed E-state index contributed by atoms with van der Waals surface area (Å²) in [7, 11) is 0. The van der Waals surface area contributed by atoms with Gasteiger partial charge in [-0.1, -0.05) is 13.0 Å². The van der Waals surface area contributed by atoms with Gasteiger partial charge in [-0.05, 0) is 18.6 Å². The monoisotopic (exact) mass is 129 g/mol. The minimum Gasteiger partial charge on any atom is -0.327 e. The molecular weight excluding hydrogens is 117 g/mol. The summed E-state index contributed by atoms with van der Waals surface area (Å²) in [4.78, 5) is 0. The third kappa shape index (κ3) is 5.24. The maximum atomic E-state index is 12.3. The fourth-order valence-corrected chi connectivity index (χ4v) is 0.444. The number of allylic oxidation sites excluding steroid dienone is 3. The van der Waals surface area contributed by atoms with Crippen molar-refractivity contribution in [1.29, 1.82) is 0 Å². The highest BCUT2D eigenvalue weighted by molar-refractivity contribution is 5.10. The summed E-state index contributed by atoms with van der Waals surface area (Å²) in [5.41, 5.74) is 5.09. The van der Waals surface area contributed by atoms with Gasteiger partial charge in [0, 0.05) is 6.54 Å². The van der Waals surface area contributed by atoms with Crippen LogP contribution in [0, 0.1) is 0 Å². The molecule has 2 heteroatoms. The molecule has 0 aromatic rings. The molecule has 1 nitrogen and oxygen atoms in total. The zero-order valence-electron chi connectivity index (χ0n) is 5.60. The van der Waals surface area contributed by atoms with Crippen LogP contribution < -0.4 is 5.73 Å². The molecule has 0 atom stereocenters. The molecule has 2 N–H and O–H groups in total. The molecule has 0 radical (unpaired) electrons. The predicted octanol–water partition coefficient (Wildman–Crippen LogP) is 1.76. The van der Waals surface area contributed by atoms with E-state index in [4.69, 9.17) is 5.73 Å². The van der Waals surface area contributed by atoms with Crippen LogP contribution in [0.5, 0.6) is 0 Å². The van der Waals surface area contributed by atoms with Crippen molar-refractivity contribution < 1.29 is 4.39 Å². The Morgan fingerprint density at radius 1 is 1.67 bits per heavy atom. The van der Waals surface area contributed by atoms with Crippen molar-refractivity contribution in [2.75, 3.05) is 6.54 Å². The van der Waals surface area contributed by atoms with Gasteiger partial charge in [0.15, 0.2) is 0 Å². The Morgan fingerprint density at radius 3 is 2.78 bits per heavy atom. The van der Waals surface area contributed by atoms with Crippen molar-refractivity contribution in [3.05, 3.63) is 24.1 Å². The van der Waals surface area contributed by atoms with Gasteiger partial charge in [0.25, 0.3) is 0 Å². The molecule has 0 aromatic carbocycles. The van der Waals surface area contributed by atoms with E-state index in [9.17, 15) is 4.39 Å². The van der Waals surface area contributed by atoms with E-state index < -0.39 is 0 Å². The average Bonchev–Trinajstić information content (AvgIpc) is 1.85. The van der Waals surface area contributed by atoms with Gasteiger partial charge in [-0.3, -0.25) is 0 Å². The Morgan fingerprint density at radius 2 is 2.33 bits per heavy atom. The quantitative estimate of drug-likeness (QED) is 0.577. The van der Waals surface area contributed by atoms with Gasteiger partial charge in [-0.2, -0.15) is 0 Å². The fourth-order valence-electron chi connectivity index (χ4n) is 0.444. The second kappa shape index (κ2) is 5.51. The summed E-state index contributed by atoms with van der Waals surface area (Å²) in [5.74, 6) is -0.206. The van der Waals surface area contributed by atoms with Crippen LogP contribution in [0.1, 0.15) is 13.3 Å². The van der Waals surface area contributed by atoms with E-state index in [1.54, 1.807) is 6.08 Å². The molecule has 0 heterocycles. The zero-order chi connectivity index (χ0) is 7.11. The highest BCUT2D eigenvalue weighted by atomic mass is 19.1. The molecule has 0 amide bonds. The first-order chi connectivity index (χ1) is 4.31. The Labute approximate surface area is 55.1 Å². The minimum absolute atomic E-state index is 0.206. The van der Waals surface area contributed by atoms with Gasteiger partial charge in [0.2, 0.25) is 0 Å². The Bertz CT molecular complexity index is 116. The highest BCUT2D eigenvalue weighted by Crippen LogP contribution is 1.98. The third-order valence-corrected chi connectivity index (χ3v) is 0.812. The molecule has 0 aliphatic rings. The molecule has 0 aliphatic carbocycles. The summed E-state index contributed by atoms with van der Waals surface area (Å²) in [6.45, 7) is 2.28. The van der Waals surface area contributed by atoms with Crippen molar-refractivity contribution in [2.24, 2.45) is 5.73 Å². The molecule has 0 spiro atoms.